The number of hydrogen-bond donors (Lipinski definition) is 0. The average molecular weight is 447 g/mol. The highest BCUT2D eigenvalue weighted by Crippen LogP contribution is 2.27. The van der Waals surface area contributed by atoms with Crippen LogP contribution in [-0.4, -0.2) is 32.4 Å². The number of rotatable bonds is 7. The van der Waals surface area contributed by atoms with Crippen molar-refractivity contribution >= 4 is 17.7 Å². The summed E-state index contributed by atoms with van der Waals surface area (Å²) < 4.78 is 9.12. The minimum absolute atomic E-state index is 0.326. The zero-order valence-corrected chi connectivity index (χ0v) is 19.5. The van der Waals surface area contributed by atoms with Crippen LogP contribution in [0.1, 0.15) is 34.2 Å². The molecular formula is C25H26N4O2S. The quantitative estimate of drug-likeness (QED) is 0.279. The lowest BCUT2D eigenvalue weighted by Gasteiger charge is -2.11. The zero-order chi connectivity index (χ0) is 22.7. The summed E-state index contributed by atoms with van der Waals surface area (Å²) in [6.45, 7) is 7.11. The molecule has 7 heteroatoms. The molecule has 0 amide bonds. The smallest absolute Gasteiger partial charge is 0.337 e. The van der Waals surface area contributed by atoms with Crippen molar-refractivity contribution < 1.29 is 9.53 Å². The first-order valence-corrected chi connectivity index (χ1v) is 11.5. The van der Waals surface area contributed by atoms with Crippen LogP contribution >= 0.6 is 11.8 Å². The molecule has 0 spiro atoms. The number of benzene rings is 2. The number of carbonyl (C=O) groups is 1. The van der Waals surface area contributed by atoms with E-state index < -0.39 is 0 Å². The van der Waals surface area contributed by atoms with Crippen molar-refractivity contribution in [3.05, 3.63) is 83.2 Å². The van der Waals surface area contributed by atoms with Crippen LogP contribution in [0, 0.1) is 13.8 Å². The summed E-state index contributed by atoms with van der Waals surface area (Å²) in [5, 5.41) is 9.78. The van der Waals surface area contributed by atoms with Crippen LogP contribution in [0.2, 0.25) is 0 Å². The number of esters is 1. The molecule has 164 valence electrons. The van der Waals surface area contributed by atoms with Crippen molar-refractivity contribution in [3.63, 3.8) is 0 Å². The first-order valence-electron chi connectivity index (χ1n) is 10.5. The maximum absolute atomic E-state index is 11.6. The standard InChI is InChI=1S/C25H26N4O2S/c1-5-28-23(20-12-14-22(15-13-20)29-17(2)6-7-18(29)3)26-27-25(28)32-16-19-8-10-21(11-9-19)24(30)31-4/h6-15H,5,16H2,1-4H3. The topological polar surface area (TPSA) is 61.9 Å². The molecule has 0 bridgehead atoms. The van der Waals surface area contributed by atoms with E-state index in [2.05, 4.69) is 76.5 Å². The Balaban J connectivity index is 1.51. The lowest BCUT2D eigenvalue weighted by molar-refractivity contribution is 0.0600. The Morgan fingerprint density at radius 2 is 1.59 bits per heavy atom. The highest BCUT2D eigenvalue weighted by molar-refractivity contribution is 7.98. The van der Waals surface area contributed by atoms with Crippen molar-refractivity contribution in [1.82, 2.24) is 19.3 Å². The van der Waals surface area contributed by atoms with Gasteiger partial charge < -0.3 is 13.9 Å². The molecule has 0 N–H and O–H groups in total. The summed E-state index contributed by atoms with van der Waals surface area (Å²) in [6, 6.07) is 20.2. The number of aryl methyl sites for hydroxylation is 2. The van der Waals surface area contributed by atoms with E-state index in [0.717, 1.165) is 40.1 Å². The van der Waals surface area contributed by atoms with Crippen molar-refractivity contribution in [2.75, 3.05) is 7.11 Å². The molecular weight excluding hydrogens is 420 g/mol. The predicted molar refractivity (Wildman–Crippen MR) is 127 cm³/mol. The van der Waals surface area contributed by atoms with Gasteiger partial charge >= 0.3 is 5.97 Å². The molecule has 0 aliphatic heterocycles. The molecule has 32 heavy (non-hydrogen) atoms. The van der Waals surface area contributed by atoms with Gasteiger partial charge in [0.15, 0.2) is 11.0 Å². The Bertz CT molecular complexity index is 1200. The van der Waals surface area contributed by atoms with Crippen LogP contribution in [0.4, 0.5) is 0 Å². The molecule has 4 rings (SSSR count). The van der Waals surface area contributed by atoms with Gasteiger partial charge in [0.05, 0.1) is 12.7 Å². The number of nitrogens with zero attached hydrogens (tertiary/aromatic N) is 4. The van der Waals surface area contributed by atoms with Gasteiger partial charge in [0.25, 0.3) is 0 Å². The summed E-state index contributed by atoms with van der Waals surface area (Å²) in [5.74, 6) is 1.28. The minimum Gasteiger partial charge on any atom is -0.465 e. The van der Waals surface area contributed by atoms with E-state index in [-0.39, 0.29) is 5.97 Å². The molecule has 0 saturated carbocycles. The fraction of sp³-hybridized carbons (Fsp3) is 0.240. The molecule has 2 aromatic carbocycles. The van der Waals surface area contributed by atoms with Crippen molar-refractivity contribution in [1.29, 1.82) is 0 Å². The van der Waals surface area contributed by atoms with Gasteiger partial charge in [-0.2, -0.15) is 0 Å². The monoisotopic (exact) mass is 446 g/mol. The number of methoxy groups -OCH3 is 1. The van der Waals surface area contributed by atoms with E-state index in [4.69, 9.17) is 4.74 Å². The van der Waals surface area contributed by atoms with Gasteiger partial charge in [-0.1, -0.05) is 23.9 Å². The third-order valence-electron chi connectivity index (χ3n) is 5.43. The molecule has 0 radical (unpaired) electrons. The fourth-order valence-corrected chi connectivity index (χ4v) is 4.69. The Morgan fingerprint density at radius 1 is 0.938 bits per heavy atom. The molecule has 2 heterocycles. The molecule has 4 aromatic rings. The molecule has 0 aliphatic carbocycles. The van der Waals surface area contributed by atoms with Gasteiger partial charge in [0.1, 0.15) is 0 Å². The minimum atomic E-state index is -0.326. The largest absolute Gasteiger partial charge is 0.465 e. The second-order valence-electron chi connectivity index (χ2n) is 7.53. The lowest BCUT2D eigenvalue weighted by Crippen LogP contribution is -2.02. The van der Waals surface area contributed by atoms with Crippen LogP contribution < -0.4 is 0 Å². The van der Waals surface area contributed by atoms with E-state index in [1.54, 1.807) is 23.9 Å². The first kappa shape index (κ1) is 21.9. The maximum Gasteiger partial charge on any atom is 0.337 e. The Hall–Kier alpha value is -3.32. The average Bonchev–Trinajstić information content (AvgIpc) is 3.39. The van der Waals surface area contributed by atoms with E-state index in [9.17, 15) is 4.79 Å². The van der Waals surface area contributed by atoms with Crippen LogP contribution in [0.3, 0.4) is 0 Å². The first-order chi connectivity index (χ1) is 15.5. The Kier molecular flexibility index (Phi) is 6.46. The number of thioether (sulfide) groups is 1. The molecule has 0 unspecified atom stereocenters. The van der Waals surface area contributed by atoms with E-state index >= 15 is 0 Å². The van der Waals surface area contributed by atoms with Crippen LogP contribution in [0.5, 0.6) is 0 Å². The number of hydrogen-bond acceptors (Lipinski definition) is 5. The van der Waals surface area contributed by atoms with Crippen LogP contribution in [-0.2, 0) is 17.0 Å². The van der Waals surface area contributed by atoms with Gasteiger partial charge in [0, 0.05) is 34.9 Å². The summed E-state index contributed by atoms with van der Waals surface area (Å²) in [5.41, 5.74) is 6.27. The third-order valence-corrected chi connectivity index (χ3v) is 6.47. The van der Waals surface area contributed by atoms with Crippen LogP contribution in [0.15, 0.2) is 65.8 Å². The van der Waals surface area contributed by atoms with Gasteiger partial charge in [0.2, 0.25) is 0 Å². The predicted octanol–water partition coefficient (Wildman–Crippen LogP) is 5.45. The number of aromatic nitrogens is 4. The van der Waals surface area contributed by atoms with E-state index in [0.29, 0.717) is 5.56 Å². The van der Waals surface area contributed by atoms with Gasteiger partial charge in [-0.05, 0) is 74.9 Å². The lowest BCUT2D eigenvalue weighted by atomic mass is 10.1. The molecule has 0 saturated heterocycles. The fourth-order valence-electron chi connectivity index (χ4n) is 3.73. The maximum atomic E-state index is 11.6. The Morgan fingerprint density at radius 3 is 2.19 bits per heavy atom. The van der Waals surface area contributed by atoms with E-state index in [1.165, 1.54) is 18.5 Å². The normalized spacial score (nSPS) is 11.0. The van der Waals surface area contributed by atoms with Crippen LogP contribution in [0.25, 0.3) is 17.1 Å². The van der Waals surface area contributed by atoms with Crippen molar-refractivity contribution in [3.8, 4) is 17.1 Å². The molecule has 6 nitrogen and oxygen atoms in total. The summed E-state index contributed by atoms with van der Waals surface area (Å²) in [4.78, 5) is 11.6. The molecule has 0 aliphatic rings. The second kappa shape index (κ2) is 9.44. The SMILES string of the molecule is CCn1c(SCc2ccc(C(=O)OC)cc2)nnc1-c1ccc(-n2c(C)ccc2C)cc1. The third kappa shape index (κ3) is 4.34. The second-order valence-corrected chi connectivity index (χ2v) is 8.47. The van der Waals surface area contributed by atoms with Gasteiger partial charge in [-0.15, -0.1) is 10.2 Å². The summed E-state index contributed by atoms with van der Waals surface area (Å²) in [7, 11) is 1.39. The molecule has 0 fully saturated rings. The van der Waals surface area contributed by atoms with Crippen molar-refractivity contribution in [2.24, 2.45) is 0 Å². The highest BCUT2D eigenvalue weighted by atomic mass is 32.2. The molecule has 2 aromatic heterocycles. The van der Waals surface area contributed by atoms with Gasteiger partial charge in [-0.25, -0.2) is 4.79 Å². The summed E-state index contributed by atoms with van der Waals surface area (Å²) in [6.07, 6.45) is 0. The Labute approximate surface area is 192 Å². The molecule has 0 atom stereocenters. The van der Waals surface area contributed by atoms with Gasteiger partial charge in [-0.3, -0.25) is 0 Å². The van der Waals surface area contributed by atoms with Crippen molar-refractivity contribution in [2.45, 2.75) is 38.2 Å². The number of carbonyl (C=O) groups excluding carboxylic acids is 1. The van der Waals surface area contributed by atoms with E-state index in [1.807, 2.05) is 12.1 Å². The summed E-state index contributed by atoms with van der Waals surface area (Å²) >= 11 is 1.63. The number of ether oxygens (including phenoxy) is 1. The highest BCUT2D eigenvalue weighted by Gasteiger charge is 2.14. The zero-order valence-electron chi connectivity index (χ0n) is 18.7.